The van der Waals surface area contributed by atoms with Crippen molar-refractivity contribution in [3.63, 3.8) is 0 Å². The summed E-state index contributed by atoms with van der Waals surface area (Å²) >= 11 is 0. The topological polar surface area (TPSA) is 87.2 Å². The van der Waals surface area contributed by atoms with Crippen molar-refractivity contribution >= 4 is 11.8 Å². The van der Waals surface area contributed by atoms with Crippen molar-refractivity contribution in [1.29, 1.82) is 5.41 Å². The number of rotatable bonds is 3. The highest BCUT2D eigenvalue weighted by atomic mass is 16.4. The van der Waals surface area contributed by atoms with E-state index in [0.29, 0.717) is 0 Å². The summed E-state index contributed by atoms with van der Waals surface area (Å²) in [5.41, 5.74) is 4.95. The van der Waals surface area contributed by atoms with E-state index < -0.39 is 11.9 Å². The van der Waals surface area contributed by atoms with E-state index in [2.05, 4.69) is 0 Å². The van der Waals surface area contributed by atoms with Crippen LogP contribution in [0.1, 0.15) is 13.3 Å². The molecule has 0 amide bonds. The molecule has 0 aromatic heterocycles. The third kappa shape index (κ3) is 3.52. The first-order valence-corrected chi connectivity index (χ1v) is 2.59. The van der Waals surface area contributed by atoms with Crippen molar-refractivity contribution in [1.82, 2.24) is 0 Å². The molecule has 0 heterocycles. The number of carboxylic acid groups (broad SMARTS) is 1. The van der Waals surface area contributed by atoms with Gasteiger partial charge in [-0.25, -0.2) is 0 Å². The smallest absolute Gasteiger partial charge is 0.306 e. The Balaban J connectivity index is 3.63. The summed E-state index contributed by atoms with van der Waals surface area (Å²) < 4.78 is 0. The quantitative estimate of drug-likeness (QED) is 0.372. The van der Waals surface area contributed by atoms with E-state index in [-0.39, 0.29) is 12.3 Å². The van der Waals surface area contributed by atoms with Gasteiger partial charge < -0.3 is 10.8 Å². The number of carboxylic acids is 1. The van der Waals surface area contributed by atoms with Crippen LogP contribution in [0.2, 0.25) is 0 Å². The van der Waals surface area contributed by atoms with Crippen LogP contribution in [-0.2, 0) is 4.79 Å². The molecular weight excluding hydrogens is 120 g/mol. The minimum Gasteiger partial charge on any atom is -0.481 e. The summed E-state index contributed by atoms with van der Waals surface area (Å²) in [4.78, 5) is 10.1. The number of nitrogens with one attached hydrogen (secondary N) is 1. The average Bonchev–Trinajstić information content (AvgIpc) is 1.63. The number of nitrogens with two attached hydrogens (primary N) is 1. The number of hydrogen-bond donors (Lipinski definition) is 3. The van der Waals surface area contributed by atoms with Crippen LogP contribution < -0.4 is 5.73 Å². The molecule has 4 nitrogen and oxygen atoms in total. The molecule has 0 aliphatic heterocycles. The van der Waals surface area contributed by atoms with Gasteiger partial charge in [0.15, 0.2) is 0 Å². The molecule has 9 heavy (non-hydrogen) atoms. The third-order valence-electron chi connectivity index (χ3n) is 0.948. The van der Waals surface area contributed by atoms with Crippen LogP contribution in [0.15, 0.2) is 0 Å². The van der Waals surface area contributed by atoms with E-state index in [4.69, 9.17) is 16.2 Å². The van der Waals surface area contributed by atoms with Gasteiger partial charge in [-0.3, -0.25) is 10.2 Å². The zero-order chi connectivity index (χ0) is 7.44. The van der Waals surface area contributed by atoms with Crippen LogP contribution in [0.25, 0.3) is 0 Å². The molecule has 0 bridgehead atoms. The van der Waals surface area contributed by atoms with Gasteiger partial charge in [-0.1, -0.05) is 6.92 Å². The second kappa shape index (κ2) is 3.06. The molecule has 0 saturated carbocycles. The van der Waals surface area contributed by atoms with Gasteiger partial charge in [0, 0.05) is 6.42 Å². The number of carbonyl (C=O) groups is 1. The van der Waals surface area contributed by atoms with E-state index in [1.807, 2.05) is 0 Å². The number of amidine groups is 1. The van der Waals surface area contributed by atoms with E-state index in [1.165, 1.54) is 6.92 Å². The highest BCUT2D eigenvalue weighted by molar-refractivity contribution is 5.82. The first kappa shape index (κ1) is 7.94. The Morgan fingerprint density at radius 3 is 2.44 bits per heavy atom. The first-order chi connectivity index (χ1) is 4.04. The lowest BCUT2D eigenvalue weighted by Gasteiger charge is -2.01. The summed E-state index contributed by atoms with van der Waals surface area (Å²) in [6.07, 6.45) is 0.134. The normalized spacial score (nSPS) is 12.6. The van der Waals surface area contributed by atoms with Crippen LogP contribution in [0, 0.1) is 11.3 Å². The van der Waals surface area contributed by atoms with E-state index in [0.717, 1.165) is 0 Å². The van der Waals surface area contributed by atoms with Gasteiger partial charge in [0.25, 0.3) is 0 Å². The molecule has 4 N–H and O–H groups in total. The number of hydrogen-bond acceptors (Lipinski definition) is 2. The highest BCUT2D eigenvalue weighted by Gasteiger charge is 2.10. The summed E-state index contributed by atoms with van der Waals surface area (Å²) in [6.45, 7) is 1.52. The zero-order valence-electron chi connectivity index (χ0n) is 5.22. The van der Waals surface area contributed by atoms with Gasteiger partial charge >= 0.3 is 5.97 Å². The Morgan fingerprint density at radius 1 is 1.89 bits per heavy atom. The minimum absolute atomic E-state index is 0.0788. The maximum Gasteiger partial charge on any atom is 0.306 e. The Morgan fingerprint density at radius 2 is 2.33 bits per heavy atom. The van der Waals surface area contributed by atoms with E-state index in [9.17, 15) is 4.79 Å². The van der Waals surface area contributed by atoms with Gasteiger partial charge in [-0.15, -0.1) is 0 Å². The van der Waals surface area contributed by atoms with E-state index >= 15 is 0 Å². The molecular formula is C5H10N2O2. The molecule has 0 fully saturated rings. The lowest BCUT2D eigenvalue weighted by Crippen LogP contribution is -2.19. The Labute approximate surface area is 53.2 Å². The molecule has 0 spiro atoms. The lowest BCUT2D eigenvalue weighted by atomic mass is 10.1. The summed E-state index contributed by atoms with van der Waals surface area (Å²) in [6, 6.07) is 0. The fraction of sp³-hybridized carbons (Fsp3) is 0.600. The largest absolute Gasteiger partial charge is 0.481 e. The standard InChI is InChI=1S/C5H10N2O2/c1-3(5(8)9)2-4(6)7/h3H,2H2,1H3,(H3,6,7)(H,8,9). The molecule has 0 rings (SSSR count). The summed E-state index contributed by atoms with van der Waals surface area (Å²) in [5.74, 6) is -1.53. The Hall–Kier alpha value is -1.06. The molecule has 52 valence electrons. The summed E-state index contributed by atoms with van der Waals surface area (Å²) in [7, 11) is 0. The second-order valence-electron chi connectivity index (χ2n) is 1.97. The number of aliphatic carboxylic acids is 1. The SMILES string of the molecule is CC(CC(=N)N)C(=O)O. The van der Waals surface area contributed by atoms with Crippen molar-refractivity contribution in [2.24, 2.45) is 11.7 Å². The van der Waals surface area contributed by atoms with Crippen LogP contribution in [0.5, 0.6) is 0 Å². The molecule has 0 saturated heterocycles. The Kier molecular flexibility index (Phi) is 2.70. The van der Waals surface area contributed by atoms with E-state index in [1.54, 1.807) is 0 Å². The van der Waals surface area contributed by atoms with Crippen LogP contribution in [0.4, 0.5) is 0 Å². The average molecular weight is 130 g/mol. The molecule has 4 heteroatoms. The second-order valence-corrected chi connectivity index (χ2v) is 1.97. The minimum atomic E-state index is -0.912. The molecule has 0 radical (unpaired) electrons. The molecule has 1 unspecified atom stereocenters. The maximum absolute atomic E-state index is 10.1. The predicted octanol–water partition coefficient (Wildman–Crippen LogP) is 0.0332. The van der Waals surface area contributed by atoms with Gasteiger partial charge in [0.05, 0.1) is 11.8 Å². The van der Waals surface area contributed by atoms with Crippen LogP contribution in [0.3, 0.4) is 0 Å². The molecule has 0 aliphatic carbocycles. The monoisotopic (exact) mass is 130 g/mol. The van der Waals surface area contributed by atoms with Crippen molar-refractivity contribution in [3.8, 4) is 0 Å². The van der Waals surface area contributed by atoms with Crippen LogP contribution >= 0.6 is 0 Å². The zero-order valence-corrected chi connectivity index (χ0v) is 5.22. The van der Waals surface area contributed by atoms with Crippen molar-refractivity contribution < 1.29 is 9.90 Å². The van der Waals surface area contributed by atoms with Crippen LogP contribution in [-0.4, -0.2) is 16.9 Å². The highest BCUT2D eigenvalue weighted by Crippen LogP contribution is 1.99. The van der Waals surface area contributed by atoms with Gasteiger partial charge in [0.1, 0.15) is 0 Å². The third-order valence-corrected chi connectivity index (χ3v) is 0.948. The van der Waals surface area contributed by atoms with Gasteiger partial charge in [0.2, 0.25) is 0 Å². The maximum atomic E-state index is 10.1. The Bertz CT molecular complexity index is 133. The fourth-order valence-electron chi connectivity index (χ4n) is 0.417. The predicted molar refractivity (Wildman–Crippen MR) is 33.3 cm³/mol. The molecule has 0 aromatic carbocycles. The molecule has 0 aliphatic rings. The van der Waals surface area contributed by atoms with Crippen molar-refractivity contribution in [3.05, 3.63) is 0 Å². The summed E-state index contributed by atoms with van der Waals surface area (Å²) in [5, 5.41) is 15.0. The van der Waals surface area contributed by atoms with Crippen molar-refractivity contribution in [2.75, 3.05) is 0 Å². The van der Waals surface area contributed by atoms with Gasteiger partial charge in [-0.05, 0) is 0 Å². The molecule has 0 aromatic rings. The first-order valence-electron chi connectivity index (χ1n) is 2.59. The lowest BCUT2D eigenvalue weighted by molar-refractivity contribution is -0.140. The van der Waals surface area contributed by atoms with Crippen molar-refractivity contribution in [2.45, 2.75) is 13.3 Å². The molecule has 1 atom stereocenters. The fourth-order valence-corrected chi connectivity index (χ4v) is 0.417. The van der Waals surface area contributed by atoms with Gasteiger partial charge in [-0.2, -0.15) is 0 Å².